The molecule has 2 aromatic rings. The van der Waals surface area contributed by atoms with Gasteiger partial charge in [-0.15, -0.1) is 0 Å². The van der Waals surface area contributed by atoms with Crippen molar-refractivity contribution in [3.05, 3.63) is 58.6 Å². The van der Waals surface area contributed by atoms with E-state index in [0.29, 0.717) is 41.7 Å². The molecule has 0 amide bonds. The molecule has 0 saturated carbocycles. The summed E-state index contributed by atoms with van der Waals surface area (Å²) in [4.78, 5) is 0.265. The largest absolute Gasteiger partial charge is 0.490 e. The number of ether oxygens (including phenoxy) is 1. The molecule has 1 aliphatic rings. The fourth-order valence-electron chi connectivity index (χ4n) is 2.68. The first-order valence-corrected chi connectivity index (χ1v) is 9.83. The van der Waals surface area contributed by atoms with Crippen LogP contribution in [0.4, 0.5) is 0 Å². The van der Waals surface area contributed by atoms with E-state index in [-0.39, 0.29) is 11.0 Å². The second kappa shape index (κ2) is 7.31. The first kappa shape index (κ1) is 17.5. The quantitative estimate of drug-likeness (QED) is 0.790. The Bertz CT molecular complexity index is 801. The summed E-state index contributed by atoms with van der Waals surface area (Å²) in [7, 11) is -3.48. The number of benzene rings is 2. The summed E-state index contributed by atoms with van der Waals surface area (Å²) < 4.78 is 32.7. The minimum absolute atomic E-state index is 0.0138. The van der Waals surface area contributed by atoms with Crippen LogP contribution in [0.25, 0.3) is 0 Å². The molecule has 1 aliphatic heterocycles. The molecule has 4 nitrogen and oxygen atoms in total. The summed E-state index contributed by atoms with van der Waals surface area (Å²) >= 11 is 11.8. The minimum Gasteiger partial charge on any atom is -0.490 e. The van der Waals surface area contributed by atoms with E-state index in [1.54, 1.807) is 24.3 Å². The molecule has 1 saturated heterocycles. The number of halogens is 2. The summed E-state index contributed by atoms with van der Waals surface area (Å²) in [5.41, 5.74) is 0. The van der Waals surface area contributed by atoms with Gasteiger partial charge in [0, 0.05) is 23.1 Å². The van der Waals surface area contributed by atoms with Gasteiger partial charge in [0.05, 0.1) is 4.90 Å². The van der Waals surface area contributed by atoms with Crippen molar-refractivity contribution in [2.24, 2.45) is 0 Å². The van der Waals surface area contributed by atoms with E-state index >= 15 is 0 Å². The van der Waals surface area contributed by atoms with Crippen LogP contribution in [0.15, 0.2) is 53.4 Å². The van der Waals surface area contributed by atoms with E-state index in [2.05, 4.69) is 0 Å². The number of rotatable bonds is 4. The predicted octanol–water partition coefficient (Wildman–Crippen LogP) is 4.23. The molecule has 7 heteroatoms. The van der Waals surface area contributed by atoms with Crippen molar-refractivity contribution < 1.29 is 13.2 Å². The third-order valence-electron chi connectivity index (χ3n) is 3.95. The highest BCUT2D eigenvalue weighted by Gasteiger charge is 2.30. The third-order valence-corrected chi connectivity index (χ3v) is 6.35. The maximum atomic E-state index is 12.6. The zero-order valence-electron chi connectivity index (χ0n) is 12.9. The highest BCUT2D eigenvalue weighted by Crippen LogP contribution is 2.25. The Morgan fingerprint density at radius 3 is 2.25 bits per heavy atom. The van der Waals surface area contributed by atoms with Crippen molar-refractivity contribution in [1.82, 2.24) is 4.31 Å². The van der Waals surface area contributed by atoms with Crippen LogP contribution in [0.1, 0.15) is 12.8 Å². The van der Waals surface area contributed by atoms with Gasteiger partial charge < -0.3 is 4.74 Å². The smallest absolute Gasteiger partial charge is 0.243 e. The van der Waals surface area contributed by atoms with Gasteiger partial charge in [0.1, 0.15) is 11.9 Å². The van der Waals surface area contributed by atoms with Crippen LogP contribution in [-0.4, -0.2) is 31.9 Å². The van der Waals surface area contributed by atoms with Gasteiger partial charge in [-0.1, -0.05) is 29.3 Å². The Kier molecular flexibility index (Phi) is 5.35. The average molecular weight is 386 g/mol. The van der Waals surface area contributed by atoms with Crippen LogP contribution in [-0.2, 0) is 10.0 Å². The van der Waals surface area contributed by atoms with E-state index in [0.717, 1.165) is 0 Å². The van der Waals surface area contributed by atoms with Gasteiger partial charge in [-0.3, -0.25) is 0 Å². The van der Waals surface area contributed by atoms with E-state index in [1.807, 2.05) is 12.1 Å². The Labute approximate surface area is 152 Å². The standard InChI is InChI=1S/C17H17Cl2NO3S/c18-13-4-6-17(7-5-13)24(21,22)20-10-8-15(9-11-20)23-16-3-1-2-14(19)12-16/h1-7,12,15H,8-11H2. The molecule has 0 aromatic heterocycles. The van der Waals surface area contributed by atoms with Crippen molar-refractivity contribution in [2.45, 2.75) is 23.8 Å². The molecule has 1 heterocycles. The summed E-state index contributed by atoms with van der Waals surface area (Å²) in [5, 5.41) is 1.14. The molecule has 0 aliphatic carbocycles. The Morgan fingerprint density at radius 2 is 1.62 bits per heavy atom. The summed E-state index contributed by atoms with van der Waals surface area (Å²) in [6.45, 7) is 0.854. The van der Waals surface area contributed by atoms with Crippen molar-refractivity contribution in [1.29, 1.82) is 0 Å². The number of nitrogens with zero attached hydrogens (tertiary/aromatic N) is 1. The monoisotopic (exact) mass is 385 g/mol. The zero-order chi connectivity index (χ0) is 17.2. The van der Waals surface area contributed by atoms with Crippen molar-refractivity contribution in [3.8, 4) is 5.75 Å². The van der Waals surface area contributed by atoms with E-state index in [1.165, 1.54) is 16.4 Å². The summed E-state index contributed by atoms with van der Waals surface area (Å²) in [5.74, 6) is 0.710. The molecule has 0 N–H and O–H groups in total. The molecule has 0 unspecified atom stereocenters. The molecule has 1 fully saturated rings. The Morgan fingerprint density at radius 1 is 0.958 bits per heavy atom. The topological polar surface area (TPSA) is 46.6 Å². The average Bonchev–Trinajstić information content (AvgIpc) is 2.56. The van der Waals surface area contributed by atoms with Crippen LogP contribution in [0, 0.1) is 0 Å². The molecule has 128 valence electrons. The lowest BCUT2D eigenvalue weighted by atomic mass is 10.1. The molecule has 0 bridgehead atoms. The van der Waals surface area contributed by atoms with Crippen LogP contribution in [0.5, 0.6) is 5.75 Å². The zero-order valence-corrected chi connectivity index (χ0v) is 15.2. The predicted molar refractivity (Wildman–Crippen MR) is 95.3 cm³/mol. The second-order valence-electron chi connectivity index (χ2n) is 5.63. The first-order valence-electron chi connectivity index (χ1n) is 7.63. The molecule has 2 aromatic carbocycles. The third kappa shape index (κ3) is 4.03. The molecule has 0 atom stereocenters. The Balaban J connectivity index is 1.63. The van der Waals surface area contributed by atoms with Crippen molar-refractivity contribution in [2.75, 3.05) is 13.1 Å². The highest BCUT2D eigenvalue weighted by molar-refractivity contribution is 7.89. The number of piperidine rings is 1. The van der Waals surface area contributed by atoms with Gasteiger partial charge in [-0.2, -0.15) is 4.31 Å². The normalized spacial score (nSPS) is 16.9. The highest BCUT2D eigenvalue weighted by atomic mass is 35.5. The SMILES string of the molecule is O=S(=O)(c1ccc(Cl)cc1)N1CCC(Oc2cccc(Cl)c2)CC1. The van der Waals surface area contributed by atoms with Crippen LogP contribution >= 0.6 is 23.2 Å². The van der Waals surface area contributed by atoms with E-state index in [4.69, 9.17) is 27.9 Å². The number of hydrogen-bond acceptors (Lipinski definition) is 3. The lowest BCUT2D eigenvalue weighted by Crippen LogP contribution is -2.41. The first-order chi connectivity index (χ1) is 11.4. The van der Waals surface area contributed by atoms with Crippen molar-refractivity contribution in [3.63, 3.8) is 0 Å². The summed E-state index contributed by atoms with van der Waals surface area (Å²) in [6, 6.07) is 13.5. The maximum absolute atomic E-state index is 12.6. The molecular formula is C17H17Cl2NO3S. The molecule has 0 spiro atoms. The number of sulfonamides is 1. The van der Waals surface area contributed by atoms with Gasteiger partial charge in [0.2, 0.25) is 10.0 Å². The van der Waals surface area contributed by atoms with Crippen LogP contribution in [0.2, 0.25) is 10.0 Å². The Hall–Kier alpha value is -1.27. The molecule has 0 radical (unpaired) electrons. The fourth-order valence-corrected chi connectivity index (χ4v) is 4.45. The second-order valence-corrected chi connectivity index (χ2v) is 8.44. The minimum atomic E-state index is -3.48. The van der Waals surface area contributed by atoms with Gasteiger partial charge in [0.15, 0.2) is 0 Å². The van der Waals surface area contributed by atoms with Gasteiger partial charge in [0.25, 0.3) is 0 Å². The fraction of sp³-hybridized carbons (Fsp3) is 0.294. The van der Waals surface area contributed by atoms with E-state index in [9.17, 15) is 8.42 Å². The summed E-state index contributed by atoms with van der Waals surface area (Å²) in [6.07, 6.45) is 1.26. The van der Waals surface area contributed by atoms with E-state index < -0.39 is 10.0 Å². The van der Waals surface area contributed by atoms with Crippen molar-refractivity contribution >= 4 is 33.2 Å². The van der Waals surface area contributed by atoms with Gasteiger partial charge in [-0.05, 0) is 55.3 Å². The van der Waals surface area contributed by atoms with Crippen LogP contribution < -0.4 is 4.74 Å². The lowest BCUT2D eigenvalue weighted by molar-refractivity contribution is 0.135. The molecule has 3 rings (SSSR count). The van der Waals surface area contributed by atoms with Gasteiger partial charge >= 0.3 is 0 Å². The van der Waals surface area contributed by atoms with Crippen LogP contribution in [0.3, 0.4) is 0 Å². The lowest BCUT2D eigenvalue weighted by Gasteiger charge is -2.31. The molecular weight excluding hydrogens is 369 g/mol. The molecule has 24 heavy (non-hydrogen) atoms. The number of hydrogen-bond donors (Lipinski definition) is 0. The van der Waals surface area contributed by atoms with Gasteiger partial charge in [-0.25, -0.2) is 8.42 Å². The maximum Gasteiger partial charge on any atom is 0.243 e.